The smallest absolute Gasteiger partial charge is 0.266 e. The summed E-state index contributed by atoms with van der Waals surface area (Å²) < 4.78 is 0. The van der Waals surface area contributed by atoms with Crippen molar-refractivity contribution in [1.82, 2.24) is 0 Å². The van der Waals surface area contributed by atoms with Gasteiger partial charge in [0.05, 0.1) is 10.0 Å². The van der Waals surface area contributed by atoms with Gasteiger partial charge in [-0.2, -0.15) is 5.26 Å². The molecule has 0 aliphatic carbocycles. The summed E-state index contributed by atoms with van der Waals surface area (Å²) in [7, 11) is 0. The van der Waals surface area contributed by atoms with E-state index in [4.69, 9.17) is 23.2 Å². The highest BCUT2D eigenvalue weighted by Gasteiger charge is 2.10. The molecule has 0 fully saturated rings. The van der Waals surface area contributed by atoms with Crippen LogP contribution in [0.3, 0.4) is 0 Å². The van der Waals surface area contributed by atoms with E-state index in [0.29, 0.717) is 15.7 Å². The van der Waals surface area contributed by atoms with Gasteiger partial charge in [-0.1, -0.05) is 53.0 Å². The van der Waals surface area contributed by atoms with Crippen LogP contribution in [0.2, 0.25) is 10.0 Å². The molecule has 0 aliphatic rings. The van der Waals surface area contributed by atoms with E-state index in [1.165, 1.54) is 6.07 Å². The minimum Gasteiger partial charge on any atom is -0.321 e. The second-order valence-electron chi connectivity index (χ2n) is 4.67. The molecule has 0 atom stereocenters. The molecule has 2 aromatic rings. The number of hydrogen-bond acceptors (Lipinski definition) is 2. The van der Waals surface area contributed by atoms with Gasteiger partial charge < -0.3 is 5.32 Å². The standard InChI is InChI=1S/C17H12Cl2N2O/c1-11-3-2-4-12(7-11)8-13(10-20)17(22)21-14-5-6-15(18)16(19)9-14/h2-9H,1H3,(H,21,22)/b13-8-. The molecule has 0 bridgehead atoms. The summed E-state index contributed by atoms with van der Waals surface area (Å²) in [6, 6.07) is 14.2. The van der Waals surface area contributed by atoms with Crippen molar-refractivity contribution in [2.75, 3.05) is 5.32 Å². The molecule has 0 aromatic heterocycles. The third kappa shape index (κ3) is 4.11. The Balaban J connectivity index is 2.22. The fourth-order valence-electron chi connectivity index (χ4n) is 1.85. The van der Waals surface area contributed by atoms with Gasteiger partial charge in [-0.3, -0.25) is 4.79 Å². The third-order valence-electron chi connectivity index (χ3n) is 2.90. The summed E-state index contributed by atoms with van der Waals surface area (Å²) in [6.45, 7) is 1.94. The van der Waals surface area contributed by atoms with Gasteiger partial charge >= 0.3 is 0 Å². The van der Waals surface area contributed by atoms with E-state index >= 15 is 0 Å². The second-order valence-corrected chi connectivity index (χ2v) is 5.48. The molecule has 0 saturated carbocycles. The van der Waals surface area contributed by atoms with Crippen LogP contribution in [0.25, 0.3) is 6.08 Å². The zero-order valence-corrected chi connectivity index (χ0v) is 13.2. The molecule has 0 unspecified atom stereocenters. The number of amides is 1. The van der Waals surface area contributed by atoms with Gasteiger partial charge in [-0.25, -0.2) is 0 Å². The SMILES string of the molecule is Cc1cccc(/C=C(/C#N)C(=O)Nc2ccc(Cl)c(Cl)c2)c1. The zero-order valence-electron chi connectivity index (χ0n) is 11.7. The molecule has 2 aromatic carbocycles. The lowest BCUT2D eigenvalue weighted by atomic mass is 10.1. The van der Waals surface area contributed by atoms with E-state index in [1.54, 1.807) is 18.2 Å². The number of rotatable bonds is 3. The van der Waals surface area contributed by atoms with Crippen molar-refractivity contribution < 1.29 is 4.79 Å². The molecule has 0 aliphatic heterocycles. The number of hydrogen-bond donors (Lipinski definition) is 1. The van der Waals surface area contributed by atoms with E-state index < -0.39 is 5.91 Å². The number of benzene rings is 2. The lowest BCUT2D eigenvalue weighted by Gasteiger charge is -2.05. The first kappa shape index (κ1) is 16.1. The second kappa shape index (κ2) is 7.13. The molecule has 22 heavy (non-hydrogen) atoms. The summed E-state index contributed by atoms with van der Waals surface area (Å²) in [4.78, 5) is 12.2. The maximum absolute atomic E-state index is 12.2. The predicted octanol–water partition coefficient (Wildman–Crippen LogP) is 4.85. The summed E-state index contributed by atoms with van der Waals surface area (Å²) >= 11 is 11.7. The minimum atomic E-state index is -0.498. The van der Waals surface area contributed by atoms with Crippen LogP contribution >= 0.6 is 23.2 Å². The molecule has 5 heteroatoms. The van der Waals surface area contributed by atoms with E-state index in [0.717, 1.165) is 11.1 Å². The van der Waals surface area contributed by atoms with Crippen molar-refractivity contribution in [1.29, 1.82) is 5.26 Å². The largest absolute Gasteiger partial charge is 0.321 e. The zero-order chi connectivity index (χ0) is 16.1. The molecule has 1 N–H and O–H groups in total. The molecule has 0 heterocycles. The highest BCUT2D eigenvalue weighted by Crippen LogP contribution is 2.25. The van der Waals surface area contributed by atoms with Crippen LogP contribution in [0.1, 0.15) is 11.1 Å². The summed E-state index contributed by atoms with van der Waals surface area (Å²) in [5, 5.41) is 12.5. The number of carbonyl (C=O) groups excluding carboxylic acids is 1. The topological polar surface area (TPSA) is 52.9 Å². The maximum Gasteiger partial charge on any atom is 0.266 e. The summed E-state index contributed by atoms with van der Waals surface area (Å²) in [5.41, 5.74) is 2.33. The van der Waals surface area contributed by atoms with E-state index in [1.807, 2.05) is 37.3 Å². The first-order valence-electron chi connectivity index (χ1n) is 6.44. The van der Waals surface area contributed by atoms with Gasteiger partial charge in [-0.05, 0) is 36.8 Å². The quantitative estimate of drug-likeness (QED) is 0.646. The third-order valence-corrected chi connectivity index (χ3v) is 3.63. The van der Waals surface area contributed by atoms with Gasteiger partial charge in [0.15, 0.2) is 0 Å². The van der Waals surface area contributed by atoms with Crippen molar-refractivity contribution in [3.63, 3.8) is 0 Å². The van der Waals surface area contributed by atoms with Crippen LogP contribution in [-0.4, -0.2) is 5.91 Å². The van der Waals surface area contributed by atoms with E-state index in [2.05, 4.69) is 5.32 Å². The first-order valence-corrected chi connectivity index (χ1v) is 7.20. The van der Waals surface area contributed by atoms with Crippen molar-refractivity contribution in [3.05, 3.63) is 69.2 Å². The van der Waals surface area contributed by atoms with Crippen molar-refractivity contribution in [3.8, 4) is 6.07 Å². The number of nitriles is 1. The van der Waals surface area contributed by atoms with Gasteiger partial charge in [0, 0.05) is 5.69 Å². The van der Waals surface area contributed by atoms with Crippen LogP contribution in [0.5, 0.6) is 0 Å². The van der Waals surface area contributed by atoms with Gasteiger partial charge in [0.2, 0.25) is 0 Å². The Hall–Kier alpha value is -2.28. The highest BCUT2D eigenvalue weighted by molar-refractivity contribution is 6.42. The van der Waals surface area contributed by atoms with Crippen molar-refractivity contribution in [2.45, 2.75) is 6.92 Å². The first-order chi connectivity index (χ1) is 10.5. The van der Waals surface area contributed by atoms with Crippen LogP contribution in [0, 0.1) is 18.3 Å². The Bertz CT molecular complexity index is 791. The van der Waals surface area contributed by atoms with Gasteiger partial charge in [0.1, 0.15) is 11.6 Å². The molecule has 0 saturated heterocycles. The Morgan fingerprint density at radius 1 is 1.18 bits per heavy atom. The molecular formula is C17H12Cl2N2O. The Kier molecular flexibility index (Phi) is 5.21. The minimum absolute atomic E-state index is 0.0108. The van der Waals surface area contributed by atoms with E-state index in [-0.39, 0.29) is 5.57 Å². The number of carbonyl (C=O) groups is 1. The summed E-state index contributed by atoms with van der Waals surface area (Å²) in [6.07, 6.45) is 1.54. The highest BCUT2D eigenvalue weighted by atomic mass is 35.5. The number of nitrogens with zero attached hydrogens (tertiary/aromatic N) is 1. The Morgan fingerprint density at radius 3 is 2.59 bits per heavy atom. The average molecular weight is 331 g/mol. The lowest BCUT2D eigenvalue weighted by molar-refractivity contribution is -0.112. The van der Waals surface area contributed by atoms with Crippen molar-refractivity contribution in [2.24, 2.45) is 0 Å². The lowest BCUT2D eigenvalue weighted by Crippen LogP contribution is -2.13. The number of halogens is 2. The normalized spacial score (nSPS) is 10.9. The molecular weight excluding hydrogens is 319 g/mol. The fraction of sp³-hybridized carbons (Fsp3) is 0.0588. The monoisotopic (exact) mass is 330 g/mol. The fourth-order valence-corrected chi connectivity index (χ4v) is 2.15. The van der Waals surface area contributed by atoms with E-state index in [9.17, 15) is 10.1 Å². The van der Waals surface area contributed by atoms with Gasteiger partial charge in [0.25, 0.3) is 5.91 Å². The van der Waals surface area contributed by atoms with Crippen molar-refractivity contribution >= 4 is 40.9 Å². The number of nitrogens with one attached hydrogen (secondary N) is 1. The molecule has 0 spiro atoms. The van der Waals surface area contributed by atoms with Crippen LogP contribution < -0.4 is 5.32 Å². The molecule has 1 amide bonds. The molecule has 0 radical (unpaired) electrons. The number of aryl methyl sites for hydroxylation is 1. The maximum atomic E-state index is 12.2. The molecule has 110 valence electrons. The van der Waals surface area contributed by atoms with Crippen LogP contribution in [0.15, 0.2) is 48.0 Å². The molecule has 3 nitrogen and oxygen atoms in total. The van der Waals surface area contributed by atoms with Gasteiger partial charge in [-0.15, -0.1) is 0 Å². The average Bonchev–Trinajstić information content (AvgIpc) is 2.48. The van der Waals surface area contributed by atoms with Crippen LogP contribution in [0.4, 0.5) is 5.69 Å². The predicted molar refractivity (Wildman–Crippen MR) is 89.9 cm³/mol. The Morgan fingerprint density at radius 2 is 1.95 bits per heavy atom. The Labute approximate surface area is 138 Å². The number of anilines is 1. The summed E-state index contributed by atoms with van der Waals surface area (Å²) in [5.74, 6) is -0.498. The van der Waals surface area contributed by atoms with Crippen LogP contribution in [-0.2, 0) is 4.79 Å². The molecule has 2 rings (SSSR count).